The van der Waals surface area contributed by atoms with Crippen molar-refractivity contribution in [2.24, 2.45) is 14.1 Å². The standard InChI is InChI=1S/C11H14F2N6O2/c1-17-6-14-19(11(17)21)4-3-8(20)15-7-5-18(2)16-9(7)10(12)13/h5-6,10H,3-4H2,1-2H3,(H,15,20). The molecule has 0 saturated heterocycles. The number of aromatic nitrogens is 5. The normalized spacial score (nSPS) is 11.1. The number of carbonyl (C=O) groups is 1. The van der Waals surface area contributed by atoms with Crippen LogP contribution in [0.5, 0.6) is 0 Å². The molecular weight excluding hydrogens is 286 g/mol. The maximum atomic E-state index is 12.7. The lowest BCUT2D eigenvalue weighted by atomic mass is 10.3. The van der Waals surface area contributed by atoms with Crippen LogP contribution in [0.15, 0.2) is 17.3 Å². The number of nitrogens with one attached hydrogen (secondary N) is 1. The second kappa shape index (κ2) is 5.85. The predicted molar refractivity (Wildman–Crippen MR) is 68.9 cm³/mol. The van der Waals surface area contributed by atoms with Crippen LogP contribution in [0.2, 0.25) is 0 Å². The van der Waals surface area contributed by atoms with Crippen LogP contribution in [-0.2, 0) is 25.4 Å². The number of amides is 1. The van der Waals surface area contributed by atoms with Crippen LogP contribution in [0.1, 0.15) is 18.5 Å². The fraction of sp³-hybridized carbons (Fsp3) is 0.455. The van der Waals surface area contributed by atoms with Gasteiger partial charge >= 0.3 is 5.69 Å². The minimum absolute atomic E-state index is 0.0362. The zero-order chi connectivity index (χ0) is 15.6. The van der Waals surface area contributed by atoms with Gasteiger partial charge in [-0.25, -0.2) is 18.3 Å². The second-order valence-electron chi connectivity index (χ2n) is 4.45. The first-order chi connectivity index (χ1) is 9.88. The number of anilines is 1. The smallest absolute Gasteiger partial charge is 0.323 e. The van der Waals surface area contributed by atoms with Crippen molar-refractivity contribution in [1.82, 2.24) is 24.1 Å². The van der Waals surface area contributed by atoms with E-state index in [1.807, 2.05) is 0 Å². The highest BCUT2D eigenvalue weighted by molar-refractivity contribution is 5.91. The van der Waals surface area contributed by atoms with Gasteiger partial charge in [-0.3, -0.25) is 14.0 Å². The molecule has 0 spiro atoms. The van der Waals surface area contributed by atoms with Crippen LogP contribution in [0, 0.1) is 0 Å². The van der Waals surface area contributed by atoms with Crippen molar-refractivity contribution in [3.05, 3.63) is 28.7 Å². The summed E-state index contributed by atoms with van der Waals surface area (Å²) in [6.45, 7) is 0.0653. The number of hydrogen-bond donors (Lipinski definition) is 1. The molecule has 0 aromatic carbocycles. The van der Waals surface area contributed by atoms with Crippen LogP contribution in [-0.4, -0.2) is 30.0 Å². The maximum Gasteiger partial charge on any atom is 0.345 e. The first kappa shape index (κ1) is 14.9. The number of alkyl halides is 2. The Morgan fingerprint density at radius 3 is 2.71 bits per heavy atom. The second-order valence-corrected chi connectivity index (χ2v) is 4.45. The van der Waals surface area contributed by atoms with E-state index in [1.54, 1.807) is 0 Å². The van der Waals surface area contributed by atoms with Crippen molar-refractivity contribution in [3.8, 4) is 0 Å². The third kappa shape index (κ3) is 3.33. The molecular formula is C11H14F2N6O2. The molecule has 8 nitrogen and oxygen atoms in total. The Morgan fingerprint density at radius 1 is 1.43 bits per heavy atom. The van der Waals surface area contributed by atoms with Gasteiger partial charge in [0.25, 0.3) is 6.43 Å². The van der Waals surface area contributed by atoms with Gasteiger partial charge in [0.15, 0.2) is 5.69 Å². The predicted octanol–water partition coefficient (Wildman–Crippen LogP) is 0.282. The minimum atomic E-state index is -2.78. The Hall–Kier alpha value is -2.52. The lowest BCUT2D eigenvalue weighted by Crippen LogP contribution is -2.25. The van der Waals surface area contributed by atoms with Crippen LogP contribution >= 0.6 is 0 Å². The summed E-state index contributed by atoms with van der Waals surface area (Å²) in [5.41, 5.74) is -0.871. The van der Waals surface area contributed by atoms with Gasteiger partial charge in [0, 0.05) is 26.7 Å². The summed E-state index contributed by atoms with van der Waals surface area (Å²) in [6, 6.07) is 0. The number of halogens is 2. The topological polar surface area (TPSA) is 86.7 Å². The monoisotopic (exact) mass is 300 g/mol. The van der Waals surface area contributed by atoms with Gasteiger partial charge in [-0.1, -0.05) is 0 Å². The molecule has 0 aliphatic heterocycles. The highest BCUT2D eigenvalue weighted by atomic mass is 19.3. The maximum absolute atomic E-state index is 12.7. The fourth-order valence-corrected chi connectivity index (χ4v) is 1.76. The molecule has 1 N–H and O–H groups in total. The van der Waals surface area contributed by atoms with Crippen molar-refractivity contribution in [1.29, 1.82) is 0 Å². The number of nitrogens with zero attached hydrogens (tertiary/aromatic N) is 5. The Labute approximate surface area is 118 Å². The average molecular weight is 300 g/mol. The van der Waals surface area contributed by atoms with Gasteiger partial charge in [0.05, 0.1) is 12.2 Å². The van der Waals surface area contributed by atoms with E-state index in [0.29, 0.717) is 0 Å². The van der Waals surface area contributed by atoms with E-state index in [4.69, 9.17) is 0 Å². The quantitative estimate of drug-likeness (QED) is 0.859. The summed E-state index contributed by atoms with van der Waals surface area (Å²) >= 11 is 0. The van der Waals surface area contributed by atoms with Gasteiger partial charge in [-0.2, -0.15) is 10.2 Å². The zero-order valence-corrected chi connectivity index (χ0v) is 11.5. The van der Waals surface area contributed by atoms with E-state index < -0.39 is 18.0 Å². The number of carbonyl (C=O) groups excluding carboxylic acids is 1. The molecule has 114 valence electrons. The third-order valence-corrected chi connectivity index (χ3v) is 2.78. The van der Waals surface area contributed by atoms with Gasteiger partial charge < -0.3 is 5.32 Å². The van der Waals surface area contributed by atoms with E-state index in [2.05, 4.69) is 15.5 Å². The van der Waals surface area contributed by atoms with Crippen molar-refractivity contribution in [2.75, 3.05) is 5.32 Å². The largest absolute Gasteiger partial charge is 0.345 e. The molecule has 0 fully saturated rings. The zero-order valence-electron chi connectivity index (χ0n) is 11.5. The Bertz CT molecular complexity index is 702. The van der Waals surface area contributed by atoms with E-state index in [9.17, 15) is 18.4 Å². The van der Waals surface area contributed by atoms with Crippen molar-refractivity contribution >= 4 is 11.6 Å². The molecule has 0 aliphatic rings. The molecule has 2 heterocycles. The Morgan fingerprint density at radius 2 is 2.14 bits per heavy atom. The van der Waals surface area contributed by atoms with Crippen LogP contribution in [0.25, 0.3) is 0 Å². The van der Waals surface area contributed by atoms with Crippen LogP contribution in [0.4, 0.5) is 14.5 Å². The Balaban J connectivity index is 1.99. The van der Waals surface area contributed by atoms with Gasteiger partial charge in [-0.05, 0) is 0 Å². The highest BCUT2D eigenvalue weighted by Gasteiger charge is 2.19. The molecule has 2 aromatic rings. The molecule has 0 unspecified atom stereocenters. The summed E-state index contributed by atoms with van der Waals surface area (Å²) in [5, 5.41) is 9.73. The number of rotatable bonds is 5. The van der Waals surface area contributed by atoms with E-state index in [1.165, 1.54) is 35.9 Å². The molecule has 0 aliphatic carbocycles. The fourth-order valence-electron chi connectivity index (χ4n) is 1.76. The summed E-state index contributed by atoms with van der Waals surface area (Å²) in [4.78, 5) is 23.3. The summed E-state index contributed by atoms with van der Waals surface area (Å²) < 4.78 is 29.0. The third-order valence-electron chi connectivity index (χ3n) is 2.78. The lowest BCUT2D eigenvalue weighted by Gasteiger charge is -2.04. The van der Waals surface area contributed by atoms with Crippen molar-refractivity contribution in [2.45, 2.75) is 19.4 Å². The average Bonchev–Trinajstić information content (AvgIpc) is 2.92. The molecule has 0 saturated carbocycles. The van der Waals surface area contributed by atoms with E-state index in [0.717, 1.165) is 4.68 Å². The van der Waals surface area contributed by atoms with Gasteiger partial charge in [0.1, 0.15) is 6.33 Å². The molecule has 1 amide bonds. The van der Waals surface area contributed by atoms with E-state index in [-0.39, 0.29) is 24.3 Å². The van der Waals surface area contributed by atoms with Crippen molar-refractivity contribution < 1.29 is 13.6 Å². The molecule has 0 bridgehead atoms. The first-order valence-corrected chi connectivity index (χ1v) is 6.08. The van der Waals surface area contributed by atoms with Crippen molar-refractivity contribution in [3.63, 3.8) is 0 Å². The molecule has 0 radical (unpaired) electrons. The van der Waals surface area contributed by atoms with Crippen LogP contribution < -0.4 is 11.0 Å². The first-order valence-electron chi connectivity index (χ1n) is 6.08. The van der Waals surface area contributed by atoms with Gasteiger partial charge in [-0.15, -0.1) is 0 Å². The SMILES string of the molecule is Cn1cc(NC(=O)CCn2ncn(C)c2=O)c(C(F)F)n1. The summed E-state index contributed by atoms with van der Waals surface area (Å²) in [5.74, 6) is -0.498. The Kier molecular flexibility index (Phi) is 4.15. The summed E-state index contributed by atoms with van der Waals surface area (Å²) in [6.07, 6.45) is -0.211. The molecule has 21 heavy (non-hydrogen) atoms. The number of aryl methyl sites for hydroxylation is 3. The molecule has 2 rings (SSSR count). The highest BCUT2D eigenvalue weighted by Crippen LogP contribution is 2.25. The minimum Gasteiger partial charge on any atom is -0.323 e. The molecule has 2 aromatic heterocycles. The lowest BCUT2D eigenvalue weighted by molar-refractivity contribution is -0.116. The number of hydrogen-bond acceptors (Lipinski definition) is 4. The van der Waals surface area contributed by atoms with E-state index >= 15 is 0 Å². The van der Waals surface area contributed by atoms with Crippen LogP contribution in [0.3, 0.4) is 0 Å². The molecule has 0 atom stereocenters. The van der Waals surface area contributed by atoms with Gasteiger partial charge in [0.2, 0.25) is 5.91 Å². The summed E-state index contributed by atoms with van der Waals surface area (Å²) in [7, 11) is 3.02. The molecule has 10 heteroatoms.